The molecule has 1 saturated carbocycles. The minimum absolute atomic E-state index is 0.00984. The van der Waals surface area contributed by atoms with Crippen molar-refractivity contribution in [2.45, 2.75) is 65.0 Å². The van der Waals surface area contributed by atoms with Gasteiger partial charge in [0.05, 0.1) is 11.6 Å². The predicted molar refractivity (Wildman–Crippen MR) is 101 cm³/mol. The van der Waals surface area contributed by atoms with E-state index in [9.17, 15) is 9.59 Å². The van der Waals surface area contributed by atoms with Crippen molar-refractivity contribution in [1.82, 2.24) is 19.0 Å². The first-order chi connectivity index (χ1) is 12.5. The number of aryl methyl sites for hydroxylation is 1. The highest BCUT2D eigenvalue weighted by molar-refractivity contribution is 5.82. The Labute approximate surface area is 153 Å². The molecular formula is C20H28N4O2. The van der Waals surface area contributed by atoms with Crippen LogP contribution in [0.2, 0.25) is 0 Å². The van der Waals surface area contributed by atoms with Crippen LogP contribution in [0.3, 0.4) is 0 Å². The van der Waals surface area contributed by atoms with Gasteiger partial charge >= 0.3 is 5.69 Å². The van der Waals surface area contributed by atoms with E-state index in [1.54, 1.807) is 10.8 Å². The summed E-state index contributed by atoms with van der Waals surface area (Å²) in [6.45, 7) is 6.08. The maximum absolute atomic E-state index is 13.1. The molecule has 0 spiro atoms. The van der Waals surface area contributed by atoms with Gasteiger partial charge in [-0.15, -0.1) is 0 Å². The minimum Gasteiger partial charge on any atom is -0.340 e. The van der Waals surface area contributed by atoms with Crippen LogP contribution in [-0.4, -0.2) is 38.0 Å². The van der Waals surface area contributed by atoms with E-state index in [4.69, 9.17) is 0 Å². The quantitative estimate of drug-likeness (QED) is 0.849. The SMILES string of the molecule is CCn1c(=O)n([C@@H]2CCN(C(=O)C3(C)CCCCC3)C2)c2ncccc21. The van der Waals surface area contributed by atoms with Crippen molar-refractivity contribution in [3.8, 4) is 0 Å². The molecule has 0 bridgehead atoms. The van der Waals surface area contributed by atoms with Crippen LogP contribution in [0.15, 0.2) is 23.1 Å². The van der Waals surface area contributed by atoms with Gasteiger partial charge in [-0.25, -0.2) is 9.78 Å². The number of pyridine rings is 1. The minimum atomic E-state index is -0.215. The van der Waals surface area contributed by atoms with E-state index in [2.05, 4.69) is 11.9 Å². The maximum Gasteiger partial charge on any atom is 0.330 e. The highest BCUT2D eigenvalue weighted by atomic mass is 16.2. The average Bonchev–Trinajstić information content (AvgIpc) is 3.23. The van der Waals surface area contributed by atoms with E-state index in [-0.39, 0.29) is 23.1 Å². The van der Waals surface area contributed by atoms with Gasteiger partial charge in [0.2, 0.25) is 5.91 Å². The lowest BCUT2D eigenvalue weighted by molar-refractivity contribution is -0.142. The monoisotopic (exact) mass is 356 g/mol. The van der Waals surface area contributed by atoms with E-state index in [1.807, 2.05) is 28.5 Å². The lowest BCUT2D eigenvalue weighted by atomic mass is 9.75. The van der Waals surface area contributed by atoms with Gasteiger partial charge in [0.1, 0.15) is 0 Å². The second-order valence-corrected chi connectivity index (χ2v) is 8.06. The second kappa shape index (κ2) is 6.56. The van der Waals surface area contributed by atoms with Crippen molar-refractivity contribution >= 4 is 17.1 Å². The molecule has 1 amide bonds. The van der Waals surface area contributed by atoms with Gasteiger partial charge in [-0.1, -0.05) is 26.2 Å². The van der Waals surface area contributed by atoms with E-state index < -0.39 is 0 Å². The molecule has 1 aliphatic carbocycles. The number of hydrogen-bond donors (Lipinski definition) is 0. The summed E-state index contributed by atoms with van der Waals surface area (Å²) >= 11 is 0. The Kier molecular flexibility index (Phi) is 4.37. The number of likely N-dealkylation sites (tertiary alicyclic amines) is 1. The lowest BCUT2D eigenvalue weighted by Crippen LogP contribution is -2.42. The molecule has 2 fully saturated rings. The van der Waals surface area contributed by atoms with Gasteiger partial charge < -0.3 is 4.90 Å². The normalized spacial score (nSPS) is 22.8. The van der Waals surface area contributed by atoms with Crippen molar-refractivity contribution in [2.24, 2.45) is 5.41 Å². The number of nitrogens with zero attached hydrogens (tertiary/aromatic N) is 4. The summed E-state index contributed by atoms with van der Waals surface area (Å²) in [4.78, 5) is 32.5. The molecule has 0 unspecified atom stereocenters. The maximum atomic E-state index is 13.1. The van der Waals surface area contributed by atoms with Gasteiger partial charge in [-0.2, -0.15) is 0 Å². The Morgan fingerprint density at radius 1 is 1.31 bits per heavy atom. The number of carbonyl (C=O) groups is 1. The Balaban J connectivity index is 1.62. The zero-order valence-electron chi connectivity index (χ0n) is 15.8. The van der Waals surface area contributed by atoms with Crippen molar-refractivity contribution in [3.05, 3.63) is 28.8 Å². The molecule has 0 aromatic carbocycles. The summed E-state index contributed by atoms with van der Waals surface area (Å²) < 4.78 is 3.59. The summed E-state index contributed by atoms with van der Waals surface area (Å²) in [6, 6.07) is 3.83. The second-order valence-electron chi connectivity index (χ2n) is 8.06. The summed E-state index contributed by atoms with van der Waals surface area (Å²) in [5, 5.41) is 0. The third-order valence-corrected chi connectivity index (χ3v) is 6.33. The first-order valence-electron chi connectivity index (χ1n) is 9.90. The number of amides is 1. The molecule has 6 nitrogen and oxygen atoms in total. The average molecular weight is 356 g/mol. The van der Waals surface area contributed by atoms with Gasteiger partial charge in [-0.3, -0.25) is 13.9 Å². The van der Waals surface area contributed by atoms with Crippen LogP contribution in [0.1, 0.15) is 58.4 Å². The number of rotatable bonds is 3. The van der Waals surface area contributed by atoms with Crippen LogP contribution in [0, 0.1) is 5.41 Å². The molecule has 3 heterocycles. The van der Waals surface area contributed by atoms with Crippen LogP contribution in [0.25, 0.3) is 11.2 Å². The molecule has 1 aliphatic heterocycles. The molecule has 4 rings (SSSR count). The fraction of sp³-hybridized carbons (Fsp3) is 0.650. The van der Waals surface area contributed by atoms with E-state index in [0.717, 1.165) is 49.8 Å². The molecule has 0 radical (unpaired) electrons. The summed E-state index contributed by atoms with van der Waals surface area (Å²) in [7, 11) is 0. The number of hydrogen-bond acceptors (Lipinski definition) is 3. The van der Waals surface area contributed by atoms with Crippen LogP contribution in [-0.2, 0) is 11.3 Å². The standard InChI is InChI=1S/C20H28N4O2/c1-3-23-16-8-7-12-21-17(16)24(19(23)26)15-9-13-22(14-15)18(25)20(2)10-5-4-6-11-20/h7-8,12,15H,3-6,9-11,13-14H2,1-2H3/t15-/m1/s1. The molecule has 2 aliphatic rings. The number of fused-ring (bicyclic) bond motifs is 1. The number of carbonyl (C=O) groups excluding carboxylic acids is 1. The summed E-state index contributed by atoms with van der Waals surface area (Å²) in [5.74, 6) is 0.278. The Bertz CT molecular complexity index is 876. The molecule has 2 aromatic heterocycles. The summed E-state index contributed by atoms with van der Waals surface area (Å²) in [6.07, 6.45) is 8.07. The zero-order chi connectivity index (χ0) is 18.3. The number of imidazole rings is 1. The third kappa shape index (κ3) is 2.66. The predicted octanol–water partition coefficient (Wildman–Crippen LogP) is 2.96. The van der Waals surface area contributed by atoms with Crippen LogP contribution >= 0.6 is 0 Å². The van der Waals surface area contributed by atoms with Gasteiger partial charge in [0.25, 0.3) is 0 Å². The van der Waals surface area contributed by atoms with Crippen LogP contribution < -0.4 is 5.69 Å². The van der Waals surface area contributed by atoms with Crippen LogP contribution in [0.5, 0.6) is 0 Å². The molecule has 6 heteroatoms. The molecule has 0 N–H and O–H groups in total. The van der Waals surface area contributed by atoms with Crippen LogP contribution in [0.4, 0.5) is 0 Å². The molecule has 2 aromatic rings. The van der Waals surface area contributed by atoms with Crippen molar-refractivity contribution in [2.75, 3.05) is 13.1 Å². The summed E-state index contributed by atoms with van der Waals surface area (Å²) in [5.41, 5.74) is 1.39. The molecular weight excluding hydrogens is 328 g/mol. The molecule has 1 saturated heterocycles. The molecule has 1 atom stereocenters. The fourth-order valence-corrected chi connectivity index (χ4v) is 4.81. The third-order valence-electron chi connectivity index (χ3n) is 6.33. The van der Waals surface area contributed by atoms with E-state index in [0.29, 0.717) is 13.1 Å². The van der Waals surface area contributed by atoms with Crippen molar-refractivity contribution in [1.29, 1.82) is 0 Å². The first kappa shape index (κ1) is 17.3. The highest BCUT2D eigenvalue weighted by Crippen LogP contribution is 2.39. The topological polar surface area (TPSA) is 60.1 Å². The van der Waals surface area contributed by atoms with Gasteiger partial charge in [-0.05, 0) is 38.3 Å². The van der Waals surface area contributed by atoms with Crippen molar-refractivity contribution < 1.29 is 4.79 Å². The van der Waals surface area contributed by atoms with E-state index in [1.165, 1.54) is 6.42 Å². The first-order valence-corrected chi connectivity index (χ1v) is 9.90. The van der Waals surface area contributed by atoms with Gasteiger partial charge in [0.15, 0.2) is 5.65 Å². The smallest absolute Gasteiger partial charge is 0.330 e. The number of aromatic nitrogens is 3. The van der Waals surface area contributed by atoms with Gasteiger partial charge in [0, 0.05) is 31.2 Å². The van der Waals surface area contributed by atoms with E-state index >= 15 is 0 Å². The largest absolute Gasteiger partial charge is 0.340 e. The zero-order valence-corrected chi connectivity index (χ0v) is 15.8. The van der Waals surface area contributed by atoms with Crippen molar-refractivity contribution in [3.63, 3.8) is 0 Å². The lowest BCUT2D eigenvalue weighted by Gasteiger charge is -2.35. The highest BCUT2D eigenvalue weighted by Gasteiger charge is 2.40. The Morgan fingerprint density at radius 2 is 2.08 bits per heavy atom. The molecule has 26 heavy (non-hydrogen) atoms. The Hall–Kier alpha value is -2.11. The fourth-order valence-electron chi connectivity index (χ4n) is 4.81. The molecule has 140 valence electrons. The Morgan fingerprint density at radius 3 is 2.81 bits per heavy atom.